The SMILES string of the molecule is COCCn1nnnc1CN(Cc1ccccc1OC)Cc1cc2c(C)cc(C)cc2[nH]c1=O. The lowest BCUT2D eigenvalue weighted by Gasteiger charge is -2.23. The lowest BCUT2D eigenvalue weighted by molar-refractivity contribution is 0.177. The number of para-hydroxylation sites is 1. The van der Waals surface area contributed by atoms with Crippen molar-refractivity contribution in [3.05, 3.63) is 80.9 Å². The Balaban J connectivity index is 1.69. The van der Waals surface area contributed by atoms with E-state index in [1.54, 1.807) is 18.9 Å². The number of aryl methyl sites for hydroxylation is 2. The lowest BCUT2D eigenvalue weighted by atomic mass is 10.0. The number of aromatic amines is 1. The highest BCUT2D eigenvalue weighted by atomic mass is 16.5. The van der Waals surface area contributed by atoms with Gasteiger partial charge in [-0.2, -0.15) is 0 Å². The van der Waals surface area contributed by atoms with E-state index in [0.29, 0.717) is 44.2 Å². The third kappa shape index (κ3) is 5.32. The number of pyridine rings is 1. The summed E-state index contributed by atoms with van der Waals surface area (Å²) >= 11 is 0. The predicted molar refractivity (Wildman–Crippen MR) is 130 cm³/mol. The molecule has 9 nitrogen and oxygen atoms in total. The van der Waals surface area contributed by atoms with Crippen LogP contribution in [0.5, 0.6) is 5.75 Å². The van der Waals surface area contributed by atoms with Crippen molar-refractivity contribution < 1.29 is 9.47 Å². The summed E-state index contributed by atoms with van der Waals surface area (Å²) in [7, 11) is 3.31. The number of hydrogen-bond acceptors (Lipinski definition) is 7. The van der Waals surface area contributed by atoms with E-state index < -0.39 is 0 Å². The number of benzene rings is 2. The van der Waals surface area contributed by atoms with Crippen molar-refractivity contribution in [2.75, 3.05) is 20.8 Å². The van der Waals surface area contributed by atoms with Crippen molar-refractivity contribution in [1.82, 2.24) is 30.1 Å². The van der Waals surface area contributed by atoms with Gasteiger partial charge in [0.1, 0.15) is 5.75 Å². The van der Waals surface area contributed by atoms with Crippen LogP contribution in [-0.4, -0.2) is 50.9 Å². The number of rotatable bonds is 10. The molecular weight excluding hydrogens is 432 g/mol. The smallest absolute Gasteiger partial charge is 0.252 e. The van der Waals surface area contributed by atoms with Crippen molar-refractivity contribution in [2.45, 2.75) is 40.0 Å². The normalized spacial score (nSPS) is 11.4. The van der Waals surface area contributed by atoms with Gasteiger partial charge in [-0.3, -0.25) is 9.69 Å². The molecular formula is C25H30N6O3. The Morgan fingerprint density at radius 2 is 1.82 bits per heavy atom. The maximum absolute atomic E-state index is 13.0. The van der Waals surface area contributed by atoms with E-state index in [4.69, 9.17) is 9.47 Å². The monoisotopic (exact) mass is 462 g/mol. The van der Waals surface area contributed by atoms with Crippen molar-refractivity contribution in [3.63, 3.8) is 0 Å². The van der Waals surface area contributed by atoms with Crippen LogP contribution in [0.3, 0.4) is 0 Å². The lowest BCUT2D eigenvalue weighted by Crippen LogP contribution is -2.28. The first-order chi connectivity index (χ1) is 16.5. The second kappa shape index (κ2) is 10.6. The number of tetrazole rings is 1. The van der Waals surface area contributed by atoms with Crippen molar-refractivity contribution in [3.8, 4) is 5.75 Å². The topological polar surface area (TPSA) is 98.2 Å². The van der Waals surface area contributed by atoms with Crippen molar-refractivity contribution >= 4 is 10.9 Å². The van der Waals surface area contributed by atoms with Gasteiger partial charge in [-0.25, -0.2) is 4.68 Å². The standard InChI is InChI=1S/C25H30N6O3/c1-17-11-18(2)21-13-20(25(32)26-22(21)12-17)15-30(14-19-7-5-6-8-23(19)34-4)16-24-27-28-29-31(24)9-10-33-3/h5-8,11-13H,9-10,14-16H2,1-4H3,(H,26,32). The van der Waals surface area contributed by atoms with E-state index in [-0.39, 0.29) is 5.56 Å². The first kappa shape index (κ1) is 23.6. The Bertz CT molecular complexity index is 1330. The summed E-state index contributed by atoms with van der Waals surface area (Å²) in [5, 5.41) is 13.2. The van der Waals surface area contributed by atoms with Gasteiger partial charge < -0.3 is 14.5 Å². The molecule has 0 aliphatic carbocycles. The van der Waals surface area contributed by atoms with Crippen LogP contribution in [0.4, 0.5) is 0 Å². The number of methoxy groups -OCH3 is 2. The summed E-state index contributed by atoms with van der Waals surface area (Å²) in [6.45, 7) is 6.60. The Hall–Kier alpha value is -3.56. The maximum atomic E-state index is 13.0. The second-order valence-electron chi connectivity index (χ2n) is 8.43. The molecule has 0 saturated heterocycles. The molecule has 0 amide bonds. The molecule has 0 atom stereocenters. The number of nitrogens with one attached hydrogen (secondary N) is 1. The Morgan fingerprint density at radius 3 is 2.62 bits per heavy atom. The summed E-state index contributed by atoms with van der Waals surface area (Å²) in [6, 6.07) is 14.0. The van der Waals surface area contributed by atoms with Crippen LogP contribution < -0.4 is 10.3 Å². The summed E-state index contributed by atoms with van der Waals surface area (Å²) in [6.07, 6.45) is 0. The van der Waals surface area contributed by atoms with Gasteiger partial charge >= 0.3 is 0 Å². The molecule has 0 aliphatic rings. The Morgan fingerprint density at radius 1 is 1.03 bits per heavy atom. The zero-order valence-electron chi connectivity index (χ0n) is 20.0. The largest absolute Gasteiger partial charge is 0.496 e. The van der Waals surface area contributed by atoms with Gasteiger partial charge in [0.2, 0.25) is 0 Å². The number of ether oxygens (including phenoxy) is 2. The van der Waals surface area contributed by atoms with Crippen LogP contribution >= 0.6 is 0 Å². The summed E-state index contributed by atoms with van der Waals surface area (Å²) in [5.41, 5.74) is 4.71. The van der Waals surface area contributed by atoms with E-state index >= 15 is 0 Å². The van der Waals surface area contributed by atoms with Gasteiger partial charge in [0, 0.05) is 42.2 Å². The van der Waals surface area contributed by atoms with Crippen LogP contribution in [0.2, 0.25) is 0 Å². The van der Waals surface area contributed by atoms with Gasteiger partial charge in [-0.1, -0.05) is 24.3 Å². The molecule has 34 heavy (non-hydrogen) atoms. The minimum atomic E-state index is -0.0958. The molecule has 4 aromatic rings. The van der Waals surface area contributed by atoms with Gasteiger partial charge in [0.05, 0.1) is 26.8 Å². The maximum Gasteiger partial charge on any atom is 0.252 e. The van der Waals surface area contributed by atoms with Crippen LogP contribution in [0.1, 0.15) is 28.1 Å². The summed E-state index contributed by atoms with van der Waals surface area (Å²) < 4.78 is 12.5. The highest BCUT2D eigenvalue weighted by Crippen LogP contribution is 2.23. The molecule has 2 aromatic carbocycles. The molecule has 9 heteroatoms. The molecule has 2 heterocycles. The summed E-state index contributed by atoms with van der Waals surface area (Å²) in [4.78, 5) is 18.2. The first-order valence-corrected chi connectivity index (χ1v) is 11.2. The third-order valence-corrected chi connectivity index (χ3v) is 5.85. The highest BCUT2D eigenvalue weighted by molar-refractivity contribution is 5.83. The molecule has 0 bridgehead atoms. The number of aromatic nitrogens is 5. The first-order valence-electron chi connectivity index (χ1n) is 11.2. The van der Waals surface area contributed by atoms with E-state index in [0.717, 1.165) is 33.3 Å². The van der Waals surface area contributed by atoms with E-state index in [9.17, 15) is 4.79 Å². The van der Waals surface area contributed by atoms with E-state index in [1.807, 2.05) is 43.3 Å². The quantitative estimate of drug-likeness (QED) is 0.387. The molecule has 0 unspecified atom stereocenters. The zero-order chi connectivity index (χ0) is 24.1. The third-order valence-electron chi connectivity index (χ3n) is 5.85. The van der Waals surface area contributed by atoms with Crippen LogP contribution in [0, 0.1) is 13.8 Å². The van der Waals surface area contributed by atoms with Crippen LogP contribution in [-0.2, 0) is 30.9 Å². The molecule has 0 aliphatic heterocycles. The fourth-order valence-electron chi connectivity index (χ4n) is 4.20. The minimum absolute atomic E-state index is 0.0958. The van der Waals surface area contributed by atoms with Gasteiger partial charge in [-0.05, 0) is 53.6 Å². The van der Waals surface area contributed by atoms with Gasteiger partial charge in [0.25, 0.3) is 5.56 Å². The molecule has 4 rings (SSSR count). The number of H-pyrrole nitrogens is 1. The highest BCUT2D eigenvalue weighted by Gasteiger charge is 2.17. The Labute approximate surface area is 198 Å². The van der Waals surface area contributed by atoms with E-state index in [1.165, 1.54) is 0 Å². The van der Waals surface area contributed by atoms with Crippen LogP contribution in [0.25, 0.3) is 10.9 Å². The van der Waals surface area contributed by atoms with E-state index in [2.05, 4.69) is 38.4 Å². The molecule has 0 fully saturated rings. The fourth-order valence-corrected chi connectivity index (χ4v) is 4.20. The summed E-state index contributed by atoms with van der Waals surface area (Å²) in [5.74, 6) is 1.50. The average Bonchev–Trinajstić information content (AvgIpc) is 3.25. The molecule has 2 aromatic heterocycles. The molecule has 0 spiro atoms. The number of hydrogen-bond donors (Lipinski definition) is 1. The second-order valence-corrected chi connectivity index (χ2v) is 8.43. The number of nitrogens with zero attached hydrogens (tertiary/aromatic N) is 5. The minimum Gasteiger partial charge on any atom is -0.496 e. The molecule has 0 saturated carbocycles. The molecule has 178 valence electrons. The Kier molecular flexibility index (Phi) is 7.34. The van der Waals surface area contributed by atoms with Crippen molar-refractivity contribution in [1.29, 1.82) is 0 Å². The van der Waals surface area contributed by atoms with Gasteiger partial charge in [-0.15, -0.1) is 5.10 Å². The van der Waals surface area contributed by atoms with Crippen LogP contribution in [0.15, 0.2) is 47.3 Å². The van der Waals surface area contributed by atoms with Gasteiger partial charge in [0.15, 0.2) is 5.82 Å². The number of fused-ring (bicyclic) bond motifs is 1. The molecule has 1 N–H and O–H groups in total. The zero-order valence-corrected chi connectivity index (χ0v) is 20.0. The fraction of sp³-hybridized carbons (Fsp3) is 0.360. The predicted octanol–water partition coefficient (Wildman–Crippen LogP) is 2.99. The molecule has 0 radical (unpaired) electrons. The van der Waals surface area contributed by atoms with Crippen molar-refractivity contribution in [2.24, 2.45) is 0 Å². The average molecular weight is 463 g/mol.